The molecule has 0 fully saturated rings. The molecule has 0 heterocycles. The lowest BCUT2D eigenvalue weighted by atomic mass is 9.94. The maximum Gasteiger partial charge on any atom is 0.338 e. The summed E-state index contributed by atoms with van der Waals surface area (Å²) in [7, 11) is 0. The van der Waals surface area contributed by atoms with Gasteiger partial charge in [-0.05, 0) is 111 Å². The summed E-state index contributed by atoms with van der Waals surface area (Å²) in [6, 6.07) is 17.9. The Hall–Kier alpha value is -3.11. The second-order valence-corrected chi connectivity index (χ2v) is 10.3. The Bertz CT molecular complexity index is 1270. The quantitative estimate of drug-likeness (QED) is 0.324. The number of aryl methyl sites for hydroxylation is 1. The molecule has 182 valence electrons. The molecule has 1 aliphatic rings. The van der Waals surface area contributed by atoms with Crippen molar-refractivity contribution in [3.8, 4) is 5.75 Å². The molecule has 3 aromatic carbocycles. The van der Waals surface area contributed by atoms with Gasteiger partial charge in [-0.15, -0.1) is 0 Å². The average Bonchev–Trinajstić information content (AvgIpc) is 3.28. The molecule has 0 saturated carbocycles. The van der Waals surface area contributed by atoms with Crippen LogP contribution in [0.25, 0.3) is 11.1 Å². The van der Waals surface area contributed by atoms with Crippen molar-refractivity contribution in [2.24, 2.45) is 0 Å². The minimum absolute atomic E-state index is 0.273. The van der Waals surface area contributed by atoms with Gasteiger partial charge in [-0.3, -0.25) is 0 Å². The Morgan fingerprint density at radius 2 is 1.69 bits per heavy atom. The van der Waals surface area contributed by atoms with Gasteiger partial charge in [0.05, 0.1) is 5.56 Å². The first-order chi connectivity index (χ1) is 16.6. The van der Waals surface area contributed by atoms with Crippen LogP contribution in [-0.4, -0.2) is 11.6 Å². The molecule has 0 saturated heterocycles. The van der Waals surface area contributed by atoms with Crippen LogP contribution in [0.3, 0.4) is 0 Å². The van der Waals surface area contributed by atoms with E-state index in [4.69, 9.17) is 21.1 Å². The third kappa shape index (κ3) is 6.12. The van der Waals surface area contributed by atoms with Crippen molar-refractivity contribution in [3.63, 3.8) is 0 Å². The minimum atomic E-state index is -0.561. The molecule has 4 rings (SSSR count). The van der Waals surface area contributed by atoms with E-state index >= 15 is 0 Å². The summed E-state index contributed by atoms with van der Waals surface area (Å²) in [5, 5.41) is 0.631. The van der Waals surface area contributed by atoms with Gasteiger partial charge in [-0.2, -0.15) is 0 Å². The van der Waals surface area contributed by atoms with Crippen LogP contribution in [0.5, 0.6) is 5.75 Å². The summed E-state index contributed by atoms with van der Waals surface area (Å²) >= 11 is 6.39. The lowest BCUT2D eigenvalue weighted by Crippen LogP contribution is -2.24. The highest BCUT2D eigenvalue weighted by Crippen LogP contribution is 2.44. The van der Waals surface area contributed by atoms with E-state index < -0.39 is 5.60 Å². The van der Waals surface area contributed by atoms with Gasteiger partial charge in [-0.25, -0.2) is 9.18 Å². The van der Waals surface area contributed by atoms with Gasteiger partial charge in [-0.1, -0.05) is 35.9 Å². The van der Waals surface area contributed by atoms with Crippen molar-refractivity contribution in [3.05, 3.63) is 99.3 Å². The monoisotopic (exact) mass is 492 g/mol. The van der Waals surface area contributed by atoms with E-state index in [2.05, 4.69) is 6.07 Å². The molecule has 3 aromatic rings. The van der Waals surface area contributed by atoms with Crippen molar-refractivity contribution in [1.29, 1.82) is 0 Å². The Kier molecular flexibility index (Phi) is 7.32. The number of rotatable bonds is 6. The van der Waals surface area contributed by atoms with Crippen molar-refractivity contribution >= 4 is 28.7 Å². The fourth-order valence-corrected chi connectivity index (χ4v) is 4.50. The largest absolute Gasteiger partial charge is 0.488 e. The molecular formula is C30H30ClFO3. The van der Waals surface area contributed by atoms with E-state index in [9.17, 15) is 9.18 Å². The molecule has 3 nitrogen and oxygen atoms in total. The molecule has 35 heavy (non-hydrogen) atoms. The van der Waals surface area contributed by atoms with Gasteiger partial charge < -0.3 is 9.47 Å². The predicted molar refractivity (Wildman–Crippen MR) is 139 cm³/mol. The molecule has 1 aliphatic carbocycles. The molecule has 0 atom stereocenters. The SMILES string of the molecule is Cc1ccc(C2=C(c3cc(Cl)ccc3OCc3ccc(F)cc3)CCC2)cc1C(=O)OC(C)(C)C. The van der Waals surface area contributed by atoms with Gasteiger partial charge in [0.15, 0.2) is 0 Å². The standard InChI is InChI=1S/C30H30ClFO3/c1-19-8-11-21(16-26(19)29(33)35-30(2,3)4)24-6-5-7-25(24)27-17-22(31)12-15-28(27)34-18-20-9-13-23(32)14-10-20/h8-17H,5-7,18H2,1-4H3. The molecular weight excluding hydrogens is 463 g/mol. The van der Waals surface area contributed by atoms with E-state index in [0.29, 0.717) is 17.2 Å². The first kappa shape index (κ1) is 25.0. The number of esters is 1. The van der Waals surface area contributed by atoms with Gasteiger partial charge >= 0.3 is 5.97 Å². The summed E-state index contributed by atoms with van der Waals surface area (Å²) in [6.45, 7) is 7.85. The van der Waals surface area contributed by atoms with Crippen LogP contribution in [0.15, 0.2) is 60.7 Å². The topological polar surface area (TPSA) is 35.5 Å². The molecule has 0 amide bonds. The Morgan fingerprint density at radius 3 is 2.40 bits per heavy atom. The third-order valence-corrected chi connectivity index (χ3v) is 6.23. The molecule has 0 spiro atoms. The van der Waals surface area contributed by atoms with Crippen molar-refractivity contribution < 1.29 is 18.7 Å². The Labute approximate surface area is 211 Å². The van der Waals surface area contributed by atoms with Gasteiger partial charge in [0, 0.05) is 10.6 Å². The predicted octanol–water partition coefficient (Wildman–Crippen LogP) is 8.42. The normalized spacial score (nSPS) is 13.8. The van der Waals surface area contributed by atoms with Crippen LogP contribution in [0, 0.1) is 12.7 Å². The Morgan fingerprint density at radius 1 is 0.971 bits per heavy atom. The molecule has 0 N–H and O–H groups in total. The van der Waals surface area contributed by atoms with Gasteiger partial charge in [0.25, 0.3) is 0 Å². The van der Waals surface area contributed by atoms with Crippen molar-refractivity contribution in [1.82, 2.24) is 0 Å². The average molecular weight is 493 g/mol. The fourth-order valence-electron chi connectivity index (χ4n) is 4.33. The van der Waals surface area contributed by atoms with E-state index in [0.717, 1.165) is 47.3 Å². The summed E-state index contributed by atoms with van der Waals surface area (Å²) in [4.78, 5) is 12.8. The zero-order valence-corrected chi connectivity index (χ0v) is 21.3. The summed E-state index contributed by atoms with van der Waals surface area (Å²) < 4.78 is 25.1. The smallest absolute Gasteiger partial charge is 0.338 e. The number of carbonyl (C=O) groups is 1. The molecule has 0 radical (unpaired) electrons. The summed E-state index contributed by atoms with van der Waals surface area (Å²) in [6.07, 6.45) is 2.79. The number of benzene rings is 3. The second kappa shape index (κ2) is 10.2. The number of hydrogen-bond acceptors (Lipinski definition) is 3. The molecule has 0 unspecified atom stereocenters. The lowest BCUT2D eigenvalue weighted by molar-refractivity contribution is 0.00687. The summed E-state index contributed by atoms with van der Waals surface area (Å²) in [5.74, 6) is 0.140. The maximum absolute atomic E-state index is 13.3. The Balaban J connectivity index is 1.69. The number of halogens is 2. The first-order valence-corrected chi connectivity index (χ1v) is 12.2. The highest BCUT2D eigenvalue weighted by atomic mass is 35.5. The van der Waals surface area contributed by atoms with Gasteiger partial charge in [0.2, 0.25) is 0 Å². The van der Waals surface area contributed by atoms with Crippen LogP contribution >= 0.6 is 11.6 Å². The fraction of sp³-hybridized carbons (Fsp3) is 0.300. The second-order valence-electron chi connectivity index (χ2n) is 9.90. The van der Waals surface area contributed by atoms with E-state index in [1.807, 2.05) is 58.0 Å². The highest BCUT2D eigenvalue weighted by molar-refractivity contribution is 6.30. The minimum Gasteiger partial charge on any atom is -0.488 e. The first-order valence-electron chi connectivity index (χ1n) is 11.8. The van der Waals surface area contributed by atoms with Crippen molar-refractivity contribution in [2.75, 3.05) is 0 Å². The number of hydrogen-bond donors (Lipinski definition) is 0. The molecule has 0 aliphatic heterocycles. The molecule has 0 aromatic heterocycles. The zero-order valence-electron chi connectivity index (χ0n) is 20.6. The summed E-state index contributed by atoms with van der Waals surface area (Å²) in [5.41, 5.74) is 6.09. The van der Waals surface area contributed by atoms with Gasteiger partial charge in [0.1, 0.15) is 23.8 Å². The van der Waals surface area contributed by atoms with E-state index in [1.165, 1.54) is 23.3 Å². The number of ether oxygens (including phenoxy) is 2. The van der Waals surface area contributed by atoms with E-state index in [1.54, 1.807) is 12.1 Å². The molecule has 5 heteroatoms. The zero-order chi connectivity index (χ0) is 25.2. The number of carbonyl (C=O) groups excluding carboxylic acids is 1. The maximum atomic E-state index is 13.3. The third-order valence-electron chi connectivity index (χ3n) is 6.00. The van der Waals surface area contributed by atoms with Crippen LogP contribution in [0.4, 0.5) is 4.39 Å². The van der Waals surface area contributed by atoms with Crippen LogP contribution in [0.1, 0.15) is 72.6 Å². The molecule has 0 bridgehead atoms. The highest BCUT2D eigenvalue weighted by Gasteiger charge is 2.24. The number of allylic oxidation sites excluding steroid dienone is 2. The van der Waals surface area contributed by atoms with E-state index in [-0.39, 0.29) is 11.8 Å². The lowest BCUT2D eigenvalue weighted by Gasteiger charge is -2.21. The van der Waals surface area contributed by atoms with Crippen molar-refractivity contribution in [2.45, 2.75) is 59.2 Å². The van der Waals surface area contributed by atoms with Crippen LogP contribution in [-0.2, 0) is 11.3 Å². The van der Waals surface area contributed by atoms with Crippen LogP contribution < -0.4 is 4.74 Å². The van der Waals surface area contributed by atoms with Crippen LogP contribution in [0.2, 0.25) is 5.02 Å².